The van der Waals surface area contributed by atoms with Crippen LogP contribution in [0.25, 0.3) is 0 Å². The summed E-state index contributed by atoms with van der Waals surface area (Å²) >= 11 is 0. The molecule has 0 heterocycles. The third-order valence-corrected chi connectivity index (χ3v) is 2.76. The van der Waals surface area contributed by atoms with Crippen molar-refractivity contribution in [1.82, 2.24) is 0 Å². The zero-order valence-corrected chi connectivity index (χ0v) is 5.33. The molecule has 2 saturated carbocycles. The predicted octanol–water partition coefficient (Wildman–Crippen LogP) is 0.138. The van der Waals surface area contributed by atoms with Crippen molar-refractivity contribution in [2.24, 2.45) is 11.8 Å². The Morgan fingerprint density at radius 2 is 1.78 bits per heavy atom. The van der Waals surface area contributed by atoms with E-state index in [0.29, 0.717) is 11.8 Å². The maximum Gasteiger partial charge on any atom is 0.0574 e. The number of aliphatic hydroxyl groups is 2. The Balaban J connectivity index is 2.00. The molecule has 2 aliphatic carbocycles. The number of rotatable bonds is 0. The second-order valence-electron chi connectivity index (χ2n) is 3.35. The lowest BCUT2D eigenvalue weighted by Gasteiger charge is -2.35. The van der Waals surface area contributed by atoms with Crippen molar-refractivity contribution in [2.75, 3.05) is 0 Å². The Morgan fingerprint density at radius 1 is 1.00 bits per heavy atom. The number of aliphatic hydroxyl groups excluding tert-OH is 2. The van der Waals surface area contributed by atoms with E-state index in [9.17, 15) is 0 Å². The van der Waals surface area contributed by atoms with Gasteiger partial charge in [-0.2, -0.15) is 0 Å². The lowest BCUT2D eigenvalue weighted by Crippen LogP contribution is -2.37. The van der Waals surface area contributed by atoms with Crippen LogP contribution in [-0.4, -0.2) is 22.4 Å². The predicted molar refractivity (Wildman–Crippen MR) is 32.8 cm³/mol. The maximum absolute atomic E-state index is 9.12. The summed E-state index contributed by atoms with van der Waals surface area (Å²) in [5, 5.41) is 18.2. The molecule has 0 aliphatic heterocycles. The Bertz CT molecular complexity index is 124. The lowest BCUT2D eigenvalue weighted by atomic mass is 9.74. The van der Waals surface area contributed by atoms with E-state index in [1.807, 2.05) is 0 Å². The molecule has 2 nitrogen and oxygen atoms in total. The monoisotopic (exact) mass is 128 g/mol. The third kappa shape index (κ3) is 0.700. The second-order valence-corrected chi connectivity index (χ2v) is 3.35. The van der Waals surface area contributed by atoms with Gasteiger partial charge >= 0.3 is 0 Å². The fraction of sp³-hybridized carbons (Fsp3) is 1.00. The highest BCUT2D eigenvalue weighted by Crippen LogP contribution is 2.46. The van der Waals surface area contributed by atoms with E-state index >= 15 is 0 Å². The highest BCUT2D eigenvalue weighted by atomic mass is 16.3. The molecule has 0 amide bonds. The fourth-order valence-corrected chi connectivity index (χ4v) is 2.16. The van der Waals surface area contributed by atoms with E-state index in [2.05, 4.69) is 0 Å². The Labute approximate surface area is 54.5 Å². The van der Waals surface area contributed by atoms with Crippen molar-refractivity contribution in [3.05, 3.63) is 0 Å². The minimum atomic E-state index is -0.114. The van der Waals surface area contributed by atoms with Crippen LogP contribution in [0.4, 0.5) is 0 Å². The molecular formula is C7H12O2. The summed E-state index contributed by atoms with van der Waals surface area (Å²) < 4.78 is 0. The fourth-order valence-electron chi connectivity index (χ4n) is 2.16. The van der Waals surface area contributed by atoms with Crippen molar-refractivity contribution in [3.63, 3.8) is 0 Å². The molecule has 2 N–H and O–H groups in total. The Hall–Kier alpha value is -0.0800. The molecule has 2 heteroatoms. The molecule has 2 fully saturated rings. The van der Waals surface area contributed by atoms with Crippen LogP contribution in [0.5, 0.6) is 0 Å². The molecule has 0 spiro atoms. The van der Waals surface area contributed by atoms with E-state index in [1.165, 1.54) is 0 Å². The van der Waals surface area contributed by atoms with Crippen LogP contribution in [0.3, 0.4) is 0 Å². The van der Waals surface area contributed by atoms with E-state index in [1.54, 1.807) is 0 Å². The molecule has 0 aromatic rings. The zero-order chi connectivity index (χ0) is 6.43. The van der Waals surface area contributed by atoms with Crippen molar-refractivity contribution < 1.29 is 10.2 Å². The molecule has 2 aliphatic rings. The molecule has 0 aromatic carbocycles. The van der Waals surface area contributed by atoms with Gasteiger partial charge in [0.15, 0.2) is 0 Å². The molecule has 2 rings (SSSR count). The molecule has 0 aromatic heterocycles. The lowest BCUT2D eigenvalue weighted by molar-refractivity contribution is -0.0148. The standard InChI is InChI=1S/C7H12O2/c8-5-1-4-2-7(9)6(4)3-5/h4-9H,1-3H2/t4-,5-,6-,7+/m1/s1. The van der Waals surface area contributed by atoms with Crippen molar-refractivity contribution in [2.45, 2.75) is 31.5 Å². The number of hydrogen-bond acceptors (Lipinski definition) is 2. The Kier molecular flexibility index (Phi) is 1.08. The first-order chi connectivity index (χ1) is 4.27. The summed E-state index contributed by atoms with van der Waals surface area (Å²) in [6.07, 6.45) is 2.50. The van der Waals surface area contributed by atoms with Crippen LogP contribution in [0.1, 0.15) is 19.3 Å². The van der Waals surface area contributed by atoms with Crippen LogP contribution in [-0.2, 0) is 0 Å². The average Bonchev–Trinajstić information content (AvgIpc) is 2.08. The molecule has 52 valence electrons. The van der Waals surface area contributed by atoms with Crippen molar-refractivity contribution in [3.8, 4) is 0 Å². The third-order valence-electron chi connectivity index (χ3n) is 2.76. The highest BCUT2D eigenvalue weighted by Gasteiger charge is 2.46. The topological polar surface area (TPSA) is 40.5 Å². The van der Waals surface area contributed by atoms with Gasteiger partial charge in [0.2, 0.25) is 0 Å². The summed E-state index contributed by atoms with van der Waals surface area (Å²) in [5.41, 5.74) is 0. The molecule has 0 bridgehead atoms. The van der Waals surface area contributed by atoms with E-state index in [-0.39, 0.29) is 12.2 Å². The molecule has 0 radical (unpaired) electrons. The minimum Gasteiger partial charge on any atom is -0.393 e. The summed E-state index contributed by atoms with van der Waals surface area (Å²) in [5.74, 6) is 1.09. The van der Waals surface area contributed by atoms with Gasteiger partial charge in [0.05, 0.1) is 12.2 Å². The largest absolute Gasteiger partial charge is 0.393 e. The van der Waals surface area contributed by atoms with Crippen LogP contribution in [0, 0.1) is 11.8 Å². The summed E-state index contributed by atoms with van der Waals surface area (Å²) in [6, 6.07) is 0. The highest BCUT2D eigenvalue weighted by molar-refractivity contribution is 4.96. The van der Waals surface area contributed by atoms with Crippen molar-refractivity contribution >= 4 is 0 Å². The smallest absolute Gasteiger partial charge is 0.0574 e. The van der Waals surface area contributed by atoms with E-state index in [4.69, 9.17) is 10.2 Å². The van der Waals surface area contributed by atoms with Crippen LogP contribution >= 0.6 is 0 Å². The first-order valence-corrected chi connectivity index (χ1v) is 3.63. The second kappa shape index (κ2) is 1.70. The minimum absolute atomic E-state index is 0.0906. The van der Waals surface area contributed by atoms with Gasteiger partial charge in [-0.05, 0) is 31.1 Å². The van der Waals surface area contributed by atoms with Gasteiger partial charge in [0, 0.05) is 0 Å². The summed E-state index contributed by atoms with van der Waals surface area (Å²) in [7, 11) is 0. The number of fused-ring (bicyclic) bond motifs is 1. The van der Waals surface area contributed by atoms with Gasteiger partial charge < -0.3 is 10.2 Å². The van der Waals surface area contributed by atoms with Crippen LogP contribution < -0.4 is 0 Å². The maximum atomic E-state index is 9.12. The van der Waals surface area contributed by atoms with Crippen molar-refractivity contribution in [1.29, 1.82) is 0 Å². The first kappa shape index (κ1) is 5.69. The van der Waals surface area contributed by atoms with Gasteiger partial charge in [0.1, 0.15) is 0 Å². The molecular weight excluding hydrogens is 116 g/mol. The van der Waals surface area contributed by atoms with E-state index in [0.717, 1.165) is 19.3 Å². The first-order valence-electron chi connectivity index (χ1n) is 3.63. The molecule has 4 atom stereocenters. The average molecular weight is 128 g/mol. The summed E-state index contributed by atoms with van der Waals surface area (Å²) in [4.78, 5) is 0. The van der Waals surface area contributed by atoms with Gasteiger partial charge in [-0.3, -0.25) is 0 Å². The molecule has 9 heavy (non-hydrogen) atoms. The van der Waals surface area contributed by atoms with Gasteiger partial charge in [-0.15, -0.1) is 0 Å². The SMILES string of the molecule is O[C@@H]1C[C@@H]2C[C@H](O)[C@@H]2C1. The number of hydrogen-bond donors (Lipinski definition) is 2. The van der Waals surface area contributed by atoms with Gasteiger partial charge in [0.25, 0.3) is 0 Å². The quantitative estimate of drug-likeness (QED) is 0.487. The molecule has 0 saturated heterocycles. The zero-order valence-electron chi connectivity index (χ0n) is 5.33. The van der Waals surface area contributed by atoms with Gasteiger partial charge in [-0.25, -0.2) is 0 Å². The van der Waals surface area contributed by atoms with Gasteiger partial charge in [-0.1, -0.05) is 0 Å². The van der Waals surface area contributed by atoms with Crippen LogP contribution in [0.15, 0.2) is 0 Å². The normalized spacial score (nSPS) is 56.7. The Morgan fingerprint density at radius 3 is 2.22 bits per heavy atom. The summed E-state index contributed by atoms with van der Waals surface area (Å²) in [6.45, 7) is 0. The van der Waals surface area contributed by atoms with Crippen LogP contribution in [0.2, 0.25) is 0 Å². The van der Waals surface area contributed by atoms with E-state index < -0.39 is 0 Å². The molecule has 0 unspecified atom stereocenters.